The number of aryl methyl sites for hydroxylation is 2. The van der Waals surface area contributed by atoms with Crippen LogP contribution in [0.1, 0.15) is 38.1 Å². The zero-order chi connectivity index (χ0) is 22.8. The topological polar surface area (TPSA) is 131 Å². The van der Waals surface area contributed by atoms with E-state index in [1.165, 1.54) is 6.33 Å². The monoisotopic (exact) mass is 452 g/mol. The molecule has 0 saturated heterocycles. The Labute approximate surface area is 190 Å². The molecule has 5 rings (SSSR count). The molecule has 166 valence electrons. The number of hydrogen-bond donors (Lipinski definition) is 2. The van der Waals surface area contributed by atoms with Gasteiger partial charge in [0.05, 0.1) is 27.2 Å². The summed E-state index contributed by atoms with van der Waals surface area (Å²) in [6.07, 6.45) is 7.13. The molecule has 0 bridgehead atoms. The number of halogens is 1. The van der Waals surface area contributed by atoms with Gasteiger partial charge in [-0.05, 0) is 37.5 Å². The Kier molecular flexibility index (Phi) is 6.09. The van der Waals surface area contributed by atoms with E-state index in [0.717, 1.165) is 31.5 Å². The summed E-state index contributed by atoms with van der Waals surface area (Å²) in [6, 6.07) is 7.61. The lowest BCUT2D eigenvalue weighted by Crippen LogP contribution is -2.24. The Morgan fingerprint density at radius 3 is 2.47 bits per heavy atom. The molecule has 1 aliphatic rings. The average molecular weight is 453 g/mol. The van der Waals surface area contributed by atoms with Crippen LogP contribution in [0.3, 0.4) is 0 Å². The normalized spacial score (nSPS) is 13.1. The fourth-order valence-corrected chi connectivity index (χ4v) is 3.83. The summed E-state index contributed by atoms with van der Waals surface area (Å²) >= 11 is 6.14. The number of nitrogens with two attached hydrogens (primary N) is 2. The van der Waals surface area contributed by atoms with Crippen LogP contribution in [-0.4, -0.2) is 29.3 Å². The third-order valence-electron chi connectivity index (χ3n) is 5.21. The van der Waals surface area contributed by atoms with Gasteiger partial charge in [0.25, 0.3) is 5.56 Å². The van der Waals surface area contributed by atoms with Crippen molar-refractivity contribution >= 4 is 34.1 Å². The maximum atomic E-state index is 12.6. The van der Waals surface area contributed by atoms with E-state index in [2.05, 4.69) is 27.0 Å². The molecule has 10 heteroatoms. The molecule has 1 aliphatic carbocycles. The Morgan fingerprint density at radius 2 is 1.88 bits per heavy atom. The second-order valence-electron chi connectivity index (χ2n) is 7.71. The third-order valence-corrected chi connectivity index (χ3v) is 5.53. The lowest BCUT2D eigenvalue weighted by atomic mass is 10.2. The van der Waals surface area contributed by atoms with E-state index in [1.807, 2.05) is 29.8 Å². The van der Waals surface area contributed by atoms with Gasteiger partial charge in [-0.3, -0.25) is 14.0 Å². The first kappa shape index (κ1) is 21.8. The van der Waals surface area contributed by atoms with Crippen LogP contribution in [0.25, 0.3) is 22.2 Å². The first-order chi connectivity index (χ1) is 15.4. The lowest BCUT2D eigenvalue weighted by Gasteiger charge is -2.12. The fourth-order valence-electron chi connectivity index (χ4n) is 3.58. The minimum absolute atomic E-state index is 0.0246. The highest BCUT2D eigenvalue weighted by Gasteiger charge is 2.28. The SMILES string of the molecule is CCCc1nc2cccc(Cl)c2c(=O)n1C1CC1.Cn1ccc(-c2c(N)ncnc2N)n1. The van der Waals surface area contributed by atoms with Crippen molar-refractivity contribution in [3.63, 3.8) is 0 Å². The van der Waals surface area contributed by atoms with Crippen LogP contribution in [0, 0.1) is 0 Å². The number of anilines is 2. The molecule has 4 aromatic rings. The van der Waals surface area contributed by atoms with Crippen molar-refractivity contribution in [2.75, 3.05) is 11.5 Å². The van der Waals surface area contributed by atoms with Gasteiger partial charge in [-0.25, -0.2) is 15.0 Å². The van der Waals surface area contributed by atoms with Crippen molar-refractivity contribution in [2.24, 2.45) is 7.05 Å². The quantitative estimate of drug-likeness (QED) is 0.485. The Morgan fingerprint density at radius 1 is 1.16 bits per heavy atom. The number of rotatable bonds is 4. The molecule has 3 heterocycles. The number of hydrogen-bond acceptors (Lipinski definition) is 7. The van der Waals surface area contributed by atoms with Crippen LogP contribution in [0.4, 0.5) is 11.6 Å². The standard InChI is InChI=1S/C14H15ClN2O.C8H10N6/c1-2-4-12-16-11-6-3-5-10(15)13(11)14(18)17(12)9-7-8-9;1-14-3-2-5(13-14)6-7(9)11-4-12-8(6)10/h3,5-6,9H,2,4,7-8H2,1H3;2-4H,1H3,(H4,9,10,11,12). The predicted molar refractivity (Wildman–Crippen MR) is 126 cm³/mol. The number of nitrogen functional groups attached to an aromatic ring is 2. The molecule has 9 nitrogen and oxygen atoms in total. The third kappa shape index (κ3) is 4.29. The lowest BCUT2D eigenvalue weighted by molar-refractivity contribution is 0.631. The second kappa shape index (κ2) is 8.96. The van der Waals surface area contributed by atoms with Gasteiger partial charge in [-0.2, -0.15) is 5.10 Å². The zero-order valence-corrected chi connectivity index (χ0v) is 18.8. The van der Waals surface area contributed by atoms with E-state index in [9.17, 15) is 4.79 Å². The van der Waals surface area contributed by atoms with Crippen LogP contribution in [-0.2, 0) is 13.5 Å². The molecular formula is C22H25ClN8O. The van der Waals surface area contributed by atoms with Gasteiger partial charge in [0.15, 0.2) is 0 Å². The molecular weight excluding hydrogens is 428 g/mol. The largest absolute Gasteiger partial charge is 0.383 e. The zero-order valence-electron chi connectivity index (χ0n) is 18.0. The number of benzene rings is 1. The summed E-state index contributed by atoms with van der Waals surface area (Å²) in [4.78, 5) is 24.9. The molecule has 1 fully saturated rings. The molecule has 0 aliphatic heterocycles. The van der Waals surface area contributed by atoms with Crippen molar-refractivity contribution in [1.29, 1.82) is 0 Å². The van der Waals surface area contributed by atoms with Gasteiger partial charge in [0.1, 0.15) is 23.8 Å². The summed E-state index contributed by atoms with van der Waals surface area (Å²) in [5.74, 6) is 1.59. The Balaban J connectivity index is 0.000000158. The van der Waals surface area contributed by atoms with E-state index in [0.29, 0.717) is 44.9 Å². The van der Waals surface area contributed by atoms with Gasteiger partial charge in [0.2, 0.25) is 0 Å². The highest BCUT2D eigenvalue weighted by molar-refractivity contribution is 6.35. The van der Waals surface area contributed by atoms with Crippen molar-refractivity contribution in [3.05, 3.63) is 58.0 Å². The molecule has 0 spiro atoms. The first-order valence-electron chi connectivity index (χ1n) is 10.5. The summed E-state index contributed by atoms with van der Waals surface area (Å²) in [6.45, 7) is 2.10. The highest BCUT2D eigenvalue weighted by atomic mass is 35.5. The Hall–Kier alpha value is -3.46. The number of nitrogens with zero attached hydrogens (tertiary/aromatic N) is 6. The average Bonchev–Trinajstić information content (AvgIpc) is 3.49. The summed E-state index contributed by atoms with van der Waals surface area (Å²) in [5, 5.41) is 5.24. The van der Waals surface area contributed by atoms with Crippen LogP contribution in [0.2, 0.25) is 5.02 Å². The van der Waals surface area contributed by atoms with Crippen LogP contribution >= 0.6 is 11.6 Å². The van der Waals surface area contributed by atoms with E-state index < -0.39 is 0 Å². The van der Waals surface area contributed by atoms with Crippen LogP contribution in [0.5, 0.6) is 0 Å². The highest BCUT2D eigenvalue weighted by Crippen LogP contribution is 2.35. The van der Waals surface area contributed by atoms with Crippen molar-refractivity contribution in [2.45, 2.75) is 38.6 Å². The van der Waals surface area contributed by atoms with Crippen molar-refractivity contribution < 1.29 is 0 Å². The smallest absolute Gasteiger partial charge is 0.263 e. The summed E-state index contributed by atoms with van der Waals surface area (Å²) < 4.78 is 3.53. The minimum atomic E-state index is 0.0246. The van der Waals surface area contributed by atoms with E-state index in [1.54, 1.807) is 16.9 Å². The molecule has 32 heavy (non-hydrogen) atoms. The molecule has 1 aromatic carbocycles. The van der Waals surface area contributed by atoms with Crippen molar-refractivity contribution in [1.82, 2.24) is 29.3 Å². The molecule has 0 unspecified atom stereocenters. The van der Waals surface area contributed by atoms with Gasteiger partial charge in [0, 0.05) is 25.7 Å². The first-order valence-corrected chi connectivity index (χ1v) is 10.8. The van der Waals surface area contributed by atoms with Gasteiger partial charge in [-0.15, -0.1) is 0 Å². The maximum absolute atomic E-state index is 12.6. The van der Waals surface area contributed by atoms with E-state index >= 15 is 0 Å². The molecule has 0 amide bonds. The fraction of sp³-hybridized carbons (Fsp3) is 0.318. The summed E-state index contributed by atoms with van der Waals surface area (Å²) in [7, 11) is 1.82. The summed E-state index contributed by atoms with van der Waals surface area (Å²) in [5.41, 5.74) is 13.4. The predicted octanol–water partition coefficient (Wildman–Crippen LogP) is 3.38. The molecule has 0 atom stereocenters. The molecule has 4 N–H and O–H groups in total. The van der Waals surface area contributed by atoms with Gasteiger partial charge >= 0.3 is 0 Å². The Bertz CT molecular complexity index is 1310. The van der Waals surface area contributed by atoms with Crippen LogP contribution < -0.4 is 17.0 Å². The van der Waals surface area contributed by atoms with Gasteiger partial charge in [-0.1, -0.05) is 24.6 Å². The number of fused-ring (bicyclic) bond motifs is 1. The maximum Gasteiger partial charge on any atom is 0.263 e. The minimum Gasteiger partial charge on any atom is -0.383 e. The van der Waals surface area contributed by atoms with E-state index in [4.69, 9.17) is 23.1 Å². The molecule has 1 saturated carbocycles. The second-order valence-corrected chi connectivity index (χ2v) is 8.12. The van der Waals surface area contributed by atoms with Crippen molar-refractivity contribution in [3.8, 4) is 11.3 Å². The molecule has 3 aromatic heterocycles. The van der Waals surface area contributed by atoms with E-state index in [-0.39, 0.29) is 5.56 Å². The van der Waals surface area contributed by atoms with Gasteiger partial charge < -0.3 is 11.5 Å². The molecule has 0 radical (unpaired) electrons. The number of aromatic nitrogens is 6. The van der Waals surface area contributed by atoms with Crippen LogP contribution in [0.15, 0.2) is 41.6 Å².